The lowest BCUT2D eigenvalue weighted by Gasteiger charge is -2.10. The molecule has 0 amide bonds. The molecule has 2 N–H and O–H groups in total. The minimum atomic E-state index is -1.56. The Hall–Kier alpha value is -2.96. The molecule has 7 heteroatoms. The molecule has 2 rings (SSSR count). The minimum absolute atomic E-state index is 0.100. The Balaban J connectivity index is 2.53. The van der Waals surface area contributed by atoms with E-state index in [0.29, 0.717) is 11.8 Å². The van der Waals surface area contributed by atoms with E-state index < -0.39 is 28.0 Å². The lowest BCUT2D eigenvalue weighted by Crippen LogP contribution is -2.05. The van der Waals surface area contributed by atoms with Gasteiger partial charge in [-0.25, -0.2) is 9.18 Å². The first-order chi connectivity index (χ1) is 9.90. The lowest BCUT2D eigenvalue weighted by molar-refractivity contribution is -0.384. The summed E-state index contributed by atoms with van der Waals surface area (Å²) in [5, 5.41) is 22.6. The second-order valence-corrected chi connectivity index (χ2v) is 4.35. The van der Waals surface area contributed by atoms with Gasteiger partial charge in [0.2, 0.25) is 0 Å². The zero-order chi connectivity index (χ0) is 15.6. The fourth-order valence-electron chi connectivity index (χ4n) is 1.84. The number of nitrogens with zero attached hydrogens (tertiary/aromatic N) is 1. The molecular formula is C14H11FN2O4. The molecule has 0 aliphatic rings. The van der Waals surface area contributed by atoms with E-state index >= 15 is 0 Å². The molecule has 0 unspecified atom stereocenters. The van der Waals surface area contributed by atoms with Crippen LogP contribution in [0.4, 0.5) is 21.5 Å². The molecular weight excluding hydrogens is 279 g/mol. The largest absolute Gasteiger partial charge is 0.478 e. The van der Waals surface area contributed by atoms with Crippen molar-refractivity contribution in [1.82, 2.24) is 0 Å². The SMILES string of the molecule is Cc1ccccc1Nc1cc(F)c(C(=O)O)cc1[N+](=O)[O-]. The molecule has 0 saturated carbocycles. The summed E-state index contributed by atoms with van der Waals surface area (Å²) >= 11 is 0. The van der Waals surface area contributed by atoms with Crippen LogP contribution in [0.1, 0.15) is 15.9 Å². The van der Waals surface area contributed by atoms with Crippen LogP contribution in [-0.4, -0.2) is 16.0 Å². The van der Waals surface area contributed by atoms with Crippen molar-refractivity contribution in [3.8, 4) is 0 Å². The van der Waals surface area contributed by atoms with Crippen molar-refractivity contribution in [2.24, 2.45) is 0 Å². The van der Waals surface area contributed by atoms with E-state index in [9.17, 15) is 19.3 Å². The summed E-state index contributed by atoms with van der Waals surface area (Å²) in [6.07, 6.45) is 0. The summed E-state index contributed by atoms with van der Waals surface area (Å²) in [6, 6.07) is 8.51. The molecule has 0 fully saturated rings. The van der Waals surface area contributed by atoms with Crippen LogP contribution < -0.4 is 5.32 Å². The Bertz CT molecular complexity index is 731. The van der Waals surface area contributed by atoms with Crippen molar-refractivity contribution in [2.45, 2.75) is 6.92 Å². The van der Waals surface area contributed by atoms with Gasteiger partial charge in [0.15, 0.2) is 0 Å². The second-order valence-electron chi connectivity index (χ2n) is 4.35. The maximum Gasteiger partial charge on any atom is 0.338 e. The van der Waals surface area contributed by atoms with Gasteiger partial charge in [0.05, 0.1) is 4.92 Å². The Morgan fingerprint density at radius 1 is 1.29 bits per heavy atom. The third kappa shape index (κ3) is 2.97. The average Bonchev–Trinajstić information content (AvgIpc) is 2.40. The number of carbonyl (C=O) groups is 1. The molecule has 0 saturated heterocycles. The summed E-state index contributed by atoms with van der Waals surface area (Å²) < 4.78 is 13.7. The van der Waals surface area contributed by atoms with Crippen LogP contribution in [0.2, 0.25) is 0 Å². The number of aryl methyl sites for hydroxylation is 1. The molecule has 0 aliphatic carbocycles. The van der Waals surface area contributed by atoms with E-state index in [0.717, 1.165) is 11.6 Å². The zero-order valence-corrected chi connectivity index (χ0v) is 11.0. The van der Waals surface area contributed by atoms with E-state index in [1.807, 2.05) is 0 Å². The highest BCUT2D eigenvalue weighted by molar-refractivity contribution is 5.90. The third-order valence-corrected chi connectivity index (χ3v) is 2.93. The number of aromatic carboxylic acids is 1. The quantitative estimate of drug-likeness (QED) is 0.664. The normalized spacial score (nSPS) is 10.2. The van der Waals surface area contributed by atoms with Crippen LogP contribution in [-0.2, 0) is 0 Å². The highest BCUT2D eigenvalue weighted by atomic mass is 19.1. The summed E-state index contributed by atoms with van der Waals surface area (Å²) in [7, 11) is 0. The molecule has 2 aromatic rings. The van der Waals surface area contributed by atoms with Gasteiger partial charge in [0.1, 0.15) is 17.1 Å². The van der Waals surface area contributed by atoms with Crippen LogP contribution in [0.5, 0.6) is 0 Å². The highest BCUT2D eigenvalue weighted by Crippen LogP contribution is 2.31. The molecule has 108 valence electrons. The van der Waals surface area contributed by atoms with Gasteiger partial charge >= 0.3 is 5.97 Å². The number of nitrogens with one attached hydrogen (secondary N) is 1. The smallest absolute Gasteiger partial charge is 0.338 e. The van der Waals surface area contributed by atoms with Crippen LogP contribution in [0.25, 0.3) is 0 Å². The van der Waals surface area contributed by atoms with Crippen LogP contribution in [0.15, 0.2) is 36.4 Å². The molecule has 0 radical (unpaired) electrons. The van der Waals surface area contributed by atoms with E-state index in [4.69, 9.17) is 5.11 Å². The van der Waals surface area contributed by atoms with Gasteiger partial charge in [-0.15, -0.1) is 0 Å². The number of carboxylic acid groups (broad SMARTS) is 1. The second kappa shape index (κ2) is 5.58. The van der Waals surface area contributed by atoms with Gasteiger partial charge in [0, 0.05) is 17.8 Å². The minimum Gasteiger partial charge on any atom is -0.478 e. The molecule has 0 aromatic heterocycles. The third-order valence-electron chi connectivity index (χ3n) is 2.93. The number of rotatable bonds is 4. The number of nitro groups is 1. The van der Waals surface area contributed by atoms with Gasteiger partial charge in [0.25, 0.3) is 5.69 Å². The average molecular weight is 290 g/mol. The maximum atomic E-state index is 13.7. The first kappa shape index (κ1) is 14.4. The number of benzene rings is 2. The Labute approximate surface area is 119 Å². The summed E-state index contributed by atoms with van der Waals surface area (Å²) in [5.41, 5.74) is 0.0449. The standard InChI is InChI=1S/C14H11FN2O4/c1-8-4-2-3-5-11(8)16-12-7-10(15)9(14(18)19)6-13(12)17(20)21/h2-7,16H,1H3,(H,18,19). The van der Waals surface area contributed by atoms with Crippen molar-refractivity contribution in [1.29, 1.82) is 0 Å². The summed E-state index contributed by atoms with van der Waals surface area (Å²) in [6.45, 7) is 1.79. The first-order valence-electron chi connectivity index (χ1n) is 5.94. The van der Waals surface area contributed by atoms with E-state index in [1.54, 1.807) is 31.2 Å². The van der Waals surface area contributed by atoms with Crippen LogP contribution in [0.3, 0.4) is 0 Å². The number of nitro benzene ring substituents is 1. The number of carboxylic acids is 1. The van der Waals surface area contributed by atoms with E-state index in [2.05, 4.69) is 5.32 Å². The number of halogens is 1. The molecule has 0 atom stereocenters. The Morgan fingerprint density at radius 3 is 2.52 bits per heavy atom. The van der Waals surface area contributed by atoms with E-state index in [-0.39, 0.29) is 5.69 Å². The number of anilines is 2. The topological polar surface area (TPSA) is 92.5 Å². The molecule has 0 spiro atoms. The first-order valence-corrected chi connectivity index (χ1v) is 5.94. The van der Waals surface area contributed by atoms with Gasteiger partial charge in [-0.1, -0.05) is 18.2 Å². The Kier molecular flexibility index (Phi) is 3.84. The molecule has 21 heavy (non-hydrogen) atoms. The summed E-state index contributed by atoms with van der Waals surface area (Å²) in [4.78, 5) is 21.1. The number of hydrogen-bond donors (Lipinski definition) is 2. The number of hydrogen-bond acceptors (Lipinski definition) is 4. The van der Waals surface area contributed by atoms with Crippen molar-refractivity contribution >= 4 is 23.0 Å². The number of para-hydroxylation sites is 1. The van der Waals surface area contributed by atoms with Gasteiger partial charge in [-0.2, -0.15) is 0 Å². The Morgan fingerprint density at radius 2 is 1.95 bits per heavy atom. The van der Waals surface area contributed by atoms with Gasteiger partial charge in [-0.05, 0) is 18.6 Å². The van der Waals surface area contributed by atoms with Crippen molar-refractivity contribution < 1.29 is 19.2 Å². The fourth-order valence-corrected chi connectivity index (χ4v) is 1.84. The summed E-state index contributed by atoms with van der Waals surface area (Å²) in [5.74, 6) is -2.60. The van der Waals surface area contributed by atoms with Crippen molar-refractivity contribution in [3.63, 3.8) is 0 Å². The molecule has 0 heterocycles. The molecule has 6 nitrogen and oxygen atoms in total. The van der Waals surface area contributed by atoms with Crippen LogP contribution in [0, 0.1) is 22.9 Å². The fraction of sp³-hybridized carbons (Fsp3) is 0.0714. The molecule has 2 aromatic carbocycles. The van der Waals surface area contributed by atoms with Crippen LogP contribution >= 0.6 is 0 Å². The van der Waals surface area contributed by atoms with Crippen molar-refractivity contribution in [3.05, 3.63) is 63.5 Å². The molecule has 0 aliphatic heterocycles. The molecule has 0 bridgehead atoms. The maximum absolute atomic E-state index is 13.7. The van der Waals surface area contributed by atoms with Gasteiger partial charge in [-0.3, -0.25) is 10.1 Å². The van der Waals surface area contributed by atoms with E-state index in [1.165, 1.54) is 0 Å². The predicted octanol–water partition coefficient (Wildman–Crippen LogP) is 3.48. The highest BCUT2D eigenvalue weighted by Gasteiger charge is 2.22. The zero-order valence-electron chi connectivity index (χ0n) is 11.0. The monoisotopic (exact) mass is 290 g/mol. The lowest BCUT2D eigenvalue weighted by atomic mass is 10.1. The van der Waals surface area contributed by atoms with Crippen molar-refractivity contribution in [2.75, 3.05) is 5.32 Å². The predicted molar refractivity (Wildman–Crippen MR) is 74.5 cm³/mol. The van der Waals surface area contributed by atoms with Gasteiger partial charge < -0.3 is 10.4 Å².